The van der Waals surface area contributed by atoms with E-state index in [2.05, 4.69) is 5.32 Å². The van der Waals surface area contributed by atoms with Crippen LogP contribution in [-0.4, -0.2) is 32.9 Å². The Balaban J connectivity index is 3.09. The number of methoxy groups -OCH3 is 2. The molecule has 0 heterocycles. The van der Waals surface area contributed by atoms with Crippen LogP contribution in [-0.2, 0) is 0 Å². The highest BCUT2D eigenvalue weighted by Gasteiger charge is 2.17. The van der Waals surface area contributed by atoms with Crippen molar-refractivity contribution in [3.05, 3.63) is 23.8 Å². The van der Waals surface area contributed by atoms with Gasteiger partial charge >= 0.3 is 0 Å². The Morgan fingerprint density at radius 3 is 2.20 bits per heavy atom. The number of nitrogens with one attached hydrogen (secondary N) is 1. The maximum Gasteiger partial charge on any atom is 0.128 e. The van der Waals surface area contributed by atoms with E-state index in [0.29, 0.717) is 23.6 Å². The molecule has 0 bridgehead atoms. The monoisotopic (exact) mass is 211 g/mol. The van der Waals surface area contributed by atoms with E-state index in [1.165, 1.54) is 0 Å². The van der Waals surface area contributed by atoms with E-state index in [9.17, 15) is 5.11 Å². The van der Waals surface area contributed by atoms with E-state index < -0.39 is 6.10 Å². The number of rotatable bonds is 5. The molecule has 15 heavy (non-hydrogen) atoms. The van der Waals surface area contributed by atoms with E-state index >= 15 is 0 Å². The van der Waals surface area contributed by atoms with Crippen LogP contribution in [0.5, 0.6) is 11.5 Å². The molecule has 4 nitrogen and oxygen atoms in total. The molecule has 0 aromatic heterocycles. The molecule has 1 atom stereocenters. The van der Waals surface area contributed by atoms with Crippen LogP contribution in [0.1, 0.15) is 11.7 Å². The molecule has 1 rings (SSSR count). The van der Waals surface area contributed by atoms with Gasteiger partial charge < -0.3 is 19.9 Å². The van der Waals surface area contributed by atoms with Crippen molar-refractivity contribution in [1.82, 2.24) is 5.32 Å². The third-order valence-electron chi connectivity index (χ3n) is 2.20. The molecular weight excluding hydrogens is 194 g/mol. The number of ether oxygens (including phenoxy) is 2. The second-order valence-electron chi connectivity index (χ2n) is 3.15. The van der Waals surface area contributed by atoms with Gasteiger partial charge in [0.15, 0.2) is 0 Å². The molecular formula is C11H17NO3. The smallest absolute Gasteiger partial charge is 0.128 e. The molecule has 0 saturated heterocycles. The van der Waals surface area contributed by atoms with Crippen LogP contribution in [0.2, 0.25) is 0 Å². The van der Waals surface area contributed by atoms with Crippen LogP contribution < -0.4 is 14.8 Å². The van der Waals surface area contributed by atoms with Gasteiger partial charge in [-0.05, 0) is 19.2 Å². The summed E-state index contributed by atoms with van der Waals surface area (Å²) < 4.78 is 10.4. The largest absolute Gasteiger partial charge is 0.496 e. The van der Waals surface area contributed by atoms with Crippen LogP contribution in [0.25, 0.3) is 0 Å². The fourth-order valence-electron chi connectivity index (χ4n) is 1.50. The Kier molecular flexibility index (Phi) is 4.39. The first kappa shape index (κ1) is 11.8. The number of hydrogen-bond acceptors (Lipinski definition) is 4. The number of aliphatic hydroxyl groups is 1. The molecule has 0 fully saturated rings. The summed E-state index contributed by atoms with van der Waals surface area (Å²) in [5.74, 6) is 1.27. The first-order valence-corrected chi connectivity index (χ1v) is 4.78. The van der Waals surface area contributed by atoms with Gasteiger partial charge in [-0.3, -0.25) is 0 Å². The zero-order chi connectivity index (χ0) is 11.3. The highest BCUT2D eigenvalue weighted by molar-refractivity contribution is 5.46. The minimum Gasteiger partial charge on any atom is -0.496 e. The summed E-state index contributed by atoms with van der Waals surface area (Å²) in [7, 11) is 4.93. The fourth-order valence-corrected chi connectivity index (χ4v) is 1.50. The van der Waals surface area contributed by atoms with Gasteiger partial charge in [0, 0.05) is 6.54 Å². The third-order valence-corrected chi connectivity index (χ3v) is 2.20. The molecule has 1 aromatic carbocycles. The molecule has 0 spiro atoms. The summed E-state index contributed by atoms with van der Waals surface area (Å²) in [6, 6.07) is 5.43. The Bertz CT molecular complexity index is 292. The molecule has 0 aliphatic carbocycles. The lowest BCUT2D eigenvalue weighted by molar-refractivity contribution is 0.169. The summed E-state index contributed by atoms with van der Waals surface area (Å²) in [6.45, 7) is 0.455. The average Bonchev–Trinajstić information content (AvgIpc) is 2.28. The summed E-state index contributed by atoms with van der Waals surface area (Å²) in [5, 5.41) is 12.8. The summed E-state index contributed by atoms with van der Waals surface area (Å²) >= 11 is 0. The second kappa shape index (κ2) is 5.58. The van der Waals surface area contributed by atoms with Crippen molar-refractivity contribution in [2.45, 2.75) is 6.10 Å². The van der Waals surface area contributed by atoms with Crippen molar-refractivity contribution < 1.29 is 14.6 Å². The zero-order valence-electron chi connectivity index (χ0n) is 9.28. The van der Waals surface area contributed by atoms with Gasteiger partial charge in [0.2, 0.25) is 0 Å². The number of aliphatic hydroxyl groups excluding tert-OH is 1. The van der Waals surface area contributed by atoms with Gasteiger partial charge in [-0.25, -0.2) is 0 Å². The van der Waals surface area contributed by atoms with Crippen LogP contribution >= 0.6 is 0 Å². The molecule has 0 saturated carbocycles. The topological polar surface area (TPSA) is 50.7 Å². The van der Waals surface area contributed by atoms with Crippen molar-refractivity contribution >= 4 is 0 Å². The van der Waals surface area contributed by atoms with Crippen LogP contribution in [0.15, 0.2) is 18.2 Å². The van der Waals surface area contributed by atoms with Crippen molar-refractivity contribution in [3.8, 4) is 11.5 Å². The lowest BCUT2D eigenvalue weighted by Gasteiger charge is -2.17. The molecule has 0 aliphatic rings. The van der Waals surface area contributed by atoms with Gasteiger partial charge in [0.25, 0.3) is 0 Å². The molecule has 84 valence electrons. The molecule has 0 aliphatic heterocycles. The van der Waals surface area contributed by atoms with Crippen molar-refractivity contribution in [1.29, 1.82) is 0 Å². The minimum absolute atomic E-state index is 0.455. The quantitative estimate of drug-likeness (QED) is 0.761. The predicted octanol–water partition coefficient (Wildman–Crippen LogP) is 0.957. The summed E-state index contributed by atoms with van der Waals surface area (Å²) in [5.41, 5.74) is 0.678. The van der Waals surface area contributed by atoms with E-state index in [4.69, 9.17) is 9.47 Å². The maximum atomic E-state index is 9.92. The highest BCUT2D eigenvalue weighted by atomic mass is 16.5. The standard InChI is InChI=1S/C11H17NO3/c1-12-7-8(13)11-9(14-2)5-4-6-10(11)15-3/h4-6,8,12-13H,7H2,1-3H3. The first-order valence-electron chi connectivity index (χ1n) is 4.78. The Morgan fingerprint density at radius 1 is 1.27 bits per heavy atom. The maximum absolute atomic E-state index is 9.92. The van der Waals surface area contributed by atoms with Gasteiger partial charge in [-0.1, -0.05) is 6.07 Å². The Labute approximate surface area is 89.8 Å². The molecule has 4 heteroatoms. The van der Waals surface area contributed by atoms with E-state index in [1.54, 1.807) is 33.4 Å². The Morgan fingerprint density at radius 2 is 1.80 bits per heavy atom. The van der Waals surface area contributed by atoms with Gasteiger partial charge in [-0.2, -0.15) is 0 Å². The molecule has 0 radical (unpaired) electrons. The molecule has 1 aromatic rings. The lowest BCUT2D eigenvalue weighted by atomic mass is 10.1. The number of hydrogen-bond donors (Lipinski definition) is 2. The van der Waals surface area contributed by atoms with E-state index in [1.807, 2.05) is 6.07 Å². The molecule has 1 unspecified atom stereocenters. The summed E-state index contributed by atoms with van der Waals surface area (Å²) in [6.07, 6.45) is -0.638. The fraction of sp³-hybridized carbons (Fsp3) is 0.455. The van der Waals surface area contributed by atoms with E-state index in [0.717, 1.165) is 0 Å². The lowest BCUT2D eigenvalue weighted by Crippen LogP contribution is -2.18. The van der Waals surface area contributed by atoms with Crippen LogP contribution in [0, 0.1) is 0 Å². The molecule has 2 N–H and O–H groups in total. The first-order chi connectivity index (χ1) is 7.24. The molecule has 0 amide bonds. The minimum atomic E-state index is -0.638. The second-order valence-corrected chi connectivity index (χ2v) is 3.15. The van der Waals surface area contributed by atoms with Crippen LogP contribution in [0.4, 0.5) is 0 Å². The Hall–Kier alpha value is -1.26. The van der Waals surface area contributed by atoms with Crippen molar-refractivity contribution in [2.24, 2.45) is 0 Å². The normalized spacial score (nSPS) is 12.3. The zero-order valence-corrected chi connectivity index (χ0v) is 9.28. The van der Waals surface area contributed by atoms with Gasteiger partial charge in [0.05, 0.1) is 25.9 Å². The summed E-state index contributed by atoms with van der Waals surface area (Å²) in [4.78, 5) is 0. The number of benzene rings is 1. The van der Waals surface area contributed by atoms with Gasteiger partial charge in [-0.15, -0.1) is 0 Å². The third kappa shape index (κ3) is 2.61. The SMILES string of the molecule is CNCC(O)c1c(OC)cccc1OC. The predicted molar refractivity (Wildman–Crippen MR) is 58.4 cm³/mol. The van der Waals surface area contributed by atoms with E-state index in [-0.39, 0.29) is 0 Å². The average molecular weight is 211 g/mol. The van der Waals surface area contributed by atoms with Gasteiger partial charge in [0.1, 0.15) is 11.5 Å². The van der Waals surface area contributed by atoms with Crippen LogP contribution in [0.3, 0.4) is 0 Å². The highest BCUT2D eigenvalue weighted by Crippen LogP contribution is 2.33. The number of likely N-dealkylation sites (N-methyl/N-ethyl adjacent to an activating group) is 1. The van der Waals surface area contributed by atoms with Crippen molar-refractivity contribution in [3.63, 3.8) is 0 Å². The van der Waals surface area contributed by atoms with Crippen molar-refractivity contribution in [2.75, 3.05) is 27.8 Å².